The molecule has 2 N–H and O–H groups in total. The van der Waals surface area contributed by atoms with Gasteiger partial charge < -0.3 is 20.3 Å². The molecule has 1 aromatic heterocycles. The summed E-state index contributed by atoms with van der Waals surface area (Å²) in [5, 5.41) is 6.58. The average molecular weight is 295 g/mol. The van der Waals surface area contributed by atoms with Crippen molar-refractivity contribution in [3.8, 4) is 0 Å². The van der Waals surface area contributed by atoms with E-state index in [0.29, 0.717) is 25.1 Å². The lowest BCUT2D eigenvalue weighted by Crippen LogP contribution is -2.31. The van der Waals surface area contributed by atoms with Gasteiger partial charge in [0, 0.05) is 38.3 Å². The van der Waals surface area contributed by atoms with Crippen molar-refractivity contribution in [2.24, 2.45) is 0 Å². The highest BCUT2D eigenvalue weighted by atomic mass is 16.5. The molecule has 0 saturated heterocycles. The third-order valence-electron chi connectivity index (χ3n) is 3.22. The second-order valence-corrected chi connectivity index (χ2v) is 5.22. The molecule has 0 atom stereocenters. The van der Waals surface area contributed by atoms with Gasteiger partial charge in [-0.25, -0.2) is 9.97 Å². The van der Waals surface area contributed by atoms with Crippen LogP contribution in [0.3, 0.4) is 0 Å². The molecule has 0 aliphatic carbocycles. The van der Waals surface area contributed by atoms with Crippen molar-refractivity contribution < 1.29 is 4.74 Å². The summed E-state index contributed by atoms with van der Waals surface area (Å²) in [5.74, 6) is 2.38. The molecule has 6 nitrogen and oxygen atoms in total. The van der Waals surface area contributed by atoms with Crippen molar-refractivity contribution >= 4 is 11.6 Å². The van der Waals surface area contributed by atoms with Gasteiger partial charge in [-0.3, -0.25) is 0 Å². The highest BCUT2D eigenvalue weighted by molar-refractivity contribution is 5.47. The molecule has 0 radical (unpaired) electrons. The van der Waals surface area contributed by atoms with E-state index in [4.69, 9.17) is 4.74 Å². The SMILES string of the molecule is CCNc1cc(NCCN(C)C(C)C)nc(COCC)n1. The Labute approximate surface area is 128 Å². The van der Waals surface area contributed by atoms with Gasteiger partial charge in [-0.15, -0.1) is 0 Å². The topological polar surface area (TPSA) is 62.3 Å². The van der Waals surface area contributed by atoms with E-state index in [-0.39, 0.29) is 0 Å². The summed E-state index contributed by atoms with van der Waals surface area (Å²) in [5.41, 5.74) is 0. The van der Waals surface area contributed by atoms with Gasteiger partial charge in [-0.2, -0.15) is 0 Å². The molecule has 0 saturated carbocycles. The van der Waals surface area contributed by atoms with Crippen LogP contribution in [-0.4, -0.2) is 54.2 Å². The van der Waals surface area contributed by atoms with E-state index in [9.17, 15) is 0 Å². The normalized spacial score (nSPS) is 11.2. The Hall–Kier alpha value is -1.40. The monoisotopic (exact) mass is 295 g/mol. The summed E-state index contributed by atoms with van der Waals surface area (Å²) < 4.78 is 5.39. The first-order valence-corrected chi connectivity index (χ1v) is 7.70. The molecule has 0 aromatic carbocycles. The third kappa shape index (κ3) is 6.73. The number of nitrogens with zero attached hydrogens (tertiary/aromatic N) is 3. The smallest absolute Gasteiger partial charge is 0.158 e. The van der Waals surface area contributed by atoms with Gasteiger partial charge in [0.2, 0.25) is 0 Å². The average Bonchev–Trinajstić information content (AvgIpc) is 2.45. The van der Waals surface area contributed by atoms with E-state index in [2.05, 4.69) is 53.3 Å². The van der Waals surface area contributed by atoms with Gasteiger partial charge in [0.05, 0.1) is 0 Å². The lowest BCUT2D eigenvalue weighted by molar-refractivity contribution is 0.128. The molecule has 0 aliphatic rings. The quantitative estimate of drug-likeness (QED) is 0.690. The second-order valence-electron chi connectivity index (χ2n) is 5.22. The maximum atomic E-state index is 5.39. The van der Waals surface area contributed by atoms with Crippen LogP contribution < -0.4 is 10.6 Å². The number of ether oxygens (including phenoxy) is 1. The molecule has 1 rings (SSSR count). The zero-order valence-electron chi connectivity index (χ0n) is 13.9. The highest BCUT2D eigenvalue weighted by Crippen LogP contribution is 2.12. The first-order chi connectivity index (χ1) is 10.1. The van der Waals surface area contributed by atoms with Crippen LogP contribution in [-0.2, 0) is 11.3 Å². The Balaban J connectivity index is 2.64. The highest BCUT2D eigenvalue weighted by Gasteiger charge is 2.06. The Morgan fingerprint density at radius 1 is 1.19 bits per heavy atom. The van der Waals surface area contributed by atoms with E-state index in [1.165, 1.54) is 0 Å². The number of nitrogens with one attached hydrogen (secondary N) is 2. The molecule has 1 aromatic rings. The summed E-state index contributed by atoms with van der Waals surface area (Å²) in [7, 11) is 2.12. The van der Waals surface area contributed by atoms with Gasteiger partial charge in [0.1, 0.15) is 18.2 Å². The summed E-state index contributed by atoms with van der Waals surface area (Å²) in [4.78, 5) is 11.2. The molecule has 0 aliphatic heterocycles. The van der Waals surface area contributed by atoms with Gasteiger partial charge in [0.25, 0.3) is 0 Å². The molecule has 0 amide bonds. The first-order valence-electron chi connectivity index (χ1n) is 7.70. The zero-order valence-corrected chi connectivity index (χ0v) is 13.9. The summed E-state index contributed by atoms with van der Waals surface area (Å²) in [6.45, 7) is 12.2. The van der Waals surface area contributed by atoms with E-state index in [0.717, 1.165) is 31.3 Å². The van der Waals surface area contributed by atoms with Crippen LogP contribution in [0.2, 0.25) is 0 Å². The van der Waals surface area contributed by atoms with Gasteiger partial charge in [-0.05, 0) is 34.7 Å². The molecule has 0 spiro atoms. The maximum Gasteiger partial charge on any atom is 0.158 e. The van der Waals surface area contributed by atoms with Crippen molar-refractivity contribution in [2.45, 2.75) is 40.3 Å². The Bertz CT molecular complexity index is 411. The molecule has 21 heavy (non-hydrogen) atoms. The van der Waals surface area contributed by atoms with E-state index < -0.39 is 0 Å². The van der Waals surface area contributed by atoms with Crippen LogP contribution in [0.5, 0.6) is 0 Å². The molecule has 6 heteroatoms. The Morgan fingerprint density at radius 2 is 1.86 bits per heavy atom. The van der Waals surface area contributed by atoms with Crippen LogP contribution in [0.15, 0.2) is 6.07 Å². The first kappa shape index (κ1) is 17.7. The van der Waals surface area contributed by atoms with Crippen molar-refractivity contribution in [1.29, 1.82) is 0 Å². The van der Waals surface area contributed by atoms with Crippen LogP contribution in [0.4, 0.5) is 11.6 Å². The van der Waals surface area contributed by atoms with Crippen molar-refractivity contribution in [2.75, 3.05) is 43.9 Å². The largest absolute Gasteiger partial charge is 0.374 e. The fourth-order valence-electron chi connectivity index (χ4n) is 1.74. The number of hydrogen-bond acceptors (Lipinski definition) is 6. The second kappa shape index (κ2) is 9.52. The molecule has 0 unspecified atom stereocenters. The van der Waals surface area contributed by atoms with E-state index >= 15 is 0 Å². The summed E-state index contributed by atoms with van der Waals surface area (Å²) in [6.07, 6.45) is 0. The number of rotatable bonds is 10. The zero-order chi connectivity index (χ0) is 15.7. The summed E-state index contributed by atoms with van der Waals surface area (Å²) in [6, 6.07) is 2.48. The molecular formula is C15H29N5O. The lowest BCUT2D eigenvalue weighted by atomic mass is 10.3. The molecule has 0 fully saturated rings. The van der Waals surface area contributed by atoms with Crippen LogP contribution in [0.25, 0.3) is 0 Å². The third-order valence-corrected chi connectivity index (χ3v) is 3.22. The minimum Gasteiger partial charge on any atom is -0.374 e. The Kier molecular flexibility index (Phi) is 8.00. The van der Waals surface area contributed by atoms with Crippen molar-refractivity contribution in [3.63, 3.8) is 0 Å². The Morgan fingerprint density at radius 3 is 2.43 bits per heavy atom. The minimum absolute atomic E-state index is 0.441. The molecule has 0 bridgehead atoms. The maximum absolute atomic E-state index is 5.39. The van der Waals surface area contributed by atoms with Gasteiger partial charge in [-0.1, -0.05) is 0 Å². The fraction of sp³-hybridized carbons (Fsp3) is 0.733. The fourth-order valence-corrected chi connectivity index (χ4v) is 1.74. The van der Waals surface area contributed by atoms with Gasteiger partial charge >= 0.3 is 0 Å². The van der Waals surface area contributed by atoms with Crippen LogP contribution >= 0.6 is 0 Å². The molecule has 1 heterocycles. The van der Waals surface area contributed by atoms with Crippen LogP contribution in [0.1, 0.15) is 33.5 Å². The standard InChI is InChI=1S/C15H29N5O/c1-6-16-13-10-14(17-8-9-20(5)12(3)4)19-15(18-13)11-21-7-2/h10,12H,6-9,11H2,1-5H3,(H2,16,17,18,19). The van der Waals surface area contributed by atoms with E-state index in [1.807, 2.05) is 13.0 Å². The number of anilines is 2. The lowest BCUT2D eigenvalue weighted by Gasteiger charge is -2.21. The number of hydrogen-bond donors (Lipinski definition) is 2. The predicted octanol–water partition coefficient (Wildman–Crippen LogP) is 2.20. The van der Waals surface area contributed by atoms with Gasteiger partial charge in [0.15, 0.2) is 5.82 Å². The number of aromatic nitrogens is 2. The van der Waals surface area contributed by atoms with Crippen molar-refractivity contribution in [1.82, 2.24) is 14.9 Å². The molecule has 120 valence electrons. The summed E-state index contributed by atoms with van der Waals surface area (Å²) >= 11 is 0. The van der Waals surface area contributed by atoms with E-state index in [1.54, 1.807) is 0 Å². The molecular weight excluding hydrogens is 266 g/mol. The number of likely N-dealkylation sites (N-methyl/N-ethyl adjacent to an activating group) is 1. The minimum atomic E-state index is 0.441. The predicted molar refractivity (Wildman–Crippen MR) is 87.8 cm³/mol. The van der Waals surface area contributed by atoms with Crippen molar-refractivity contribution in [3.05, 3.63) is 11.9 Å². The van der Waals surface area contributed by atoms with Crippen LogP contribution in [0, 0.1) is 0 Å².